The summed E-state index contributed by atoms with van der Waals surface area (Å²) in [6, 6.07) is 4.77. The predicted octanol–water partition coefficient (Wildman–Crippen LogP) is 1.89. The van der Waals surface area contributed by atoms with Crippen molar-refractivity contribution in [3.63, 3.8) is 0 Å². The van der Waals surface area contributed by atoms with Gasteiger partial charge < -0.3 is 16.8 Å². The maximum absolute atomic E-state index is 12.0. The molecular weight excluding hydrogens is 278 g/mol. The van der Waals surface area contributed by atoms with Gasteiger partial charge in [0, 0.05) is 18.2 Å². The fraction of sp³-hybridized carbons (Fsp3) is 0.429. The quantitative estimate of drug-likeness (QED) is 0.791. The summed E-state index contributed by atoms with van der Waals surface area (Å²) in [6.07, 6.45) is 3.44. The number of nitrogens with one attached hydrogen (secondary N) is 1. The monoisotopic (exact) mass is 295 g/mol. The summed E-state index contributed by atoms with van der Waals surface area (Å²) >= 11 is 5.85. The lowest BCUT2D eigenvalue weighted by molar-refractivity contribution is -0.117. The Hall–Kier alpha value is -1.59. The summed E-state index contributed by atoms with van der Waals surface area (Å²) in [5.74, 6) is -0.494. The van der Waals surface area contributed by atoms with Gasteiger partial charge in [-0.1, -0.05) is 18.0 Å². The van der Waals surface area contributed by atoms with E-state index in [1.165, 1.54) is 6.07 Å². The molecule has 1 aliphatic carbocycles. The second kappa shape index (κ2) is 6.24. The van der Waals surface area contributed by atoms with Crippen molar-refractivity contribution in [2.24, 2.45) is 17.4 Å². The van der Waals surface area contributed by atoms with E-state index in [4.69, 9.17) is 23.1 Å². The highest BCUT2D eigenvalue weighted by atomic mass is 35.5. The van der Waals surface area contributed by atoms with Crippen molar-refractivity contribution in [3.05, 3.63) is 28.8 Å². The first-order valence-corrected chi connectivity index (χ1v) is 7.00. The summed E-state index contributed by atoms with van der Waals surface area (Å²) in [7, 11) is 0. The van der Waals surface area contributed by atoms with Gasteiger partial charge in [-0.05, 0) is 37.0 Å². The van der Waals surface area contributed by atoms with Gasteiger partial charge in [0.05, 0.1) is 10.6 Å². The van der Waals surface area contributed by atoms with Crippen LogP contribution in [0.4, 0.5) is 5.69 Å². The number of rotatable bonds is 4. The Bertz CT molecular complexity index is 533. The van der Waals surface area contributed by atoms with Gasteiger partial charge in [-0.15, -0.1) is 0 Å². The van der Waals surface area contributed by atoms with E-state index in [-0.39, 0.29) is 28.5 Å². The standard InChI is InChI=1S/C14H18ClN3O2/c15-11-5-4-9(7-10(11)14(17)20)18-13(19)6-8-2-1-3-12(8)16/h4-5,7-8,12H,1-3,6,16H2,(H2,17,20)(H,18,19)/t8-,12+/m0/s1. The molecule has 2 amide bonds. The van der Waals surface area contributed by atoms with E-state index in [0.717, 1.165) is 19.3 Å². The molecule has 20 heavy (non-hydrogen) atoms. The molecule has 1 aromatic carbocycles. The Balaban J connectivity index is 2.00. The van der Waals surface area contributed by atoms with Crippen LogP contribution < -0.4 is 16.8 Å². The molecule has 0 aliphatic heterocycles. The second-order valence-electron chi connectivity index (χ2n) is 5.17. The summed E-state index contributed by atoms with van der Waals surface area (Å²) in [5, 5.41) is 3.02. The second-order valence-corrected chi connectivity index (χ2v) is 5.57. The van der Waals surface area contributed by atoms with Crippen molar-refractivity contribution < 1.29 is 9.59 Å². The lowest BCUT2D eigenvalue weighted by Crippen LogP contribution is -2.28. The normalized spacial score (nSPS) is 21.7. The zero-order chi connectivity index (χ0) is 14.7. The molecule has 0 heterocycles. The van der Waals surface area contributed by atoms with Gasteiger partial charge in [-0.2, -0.15) is 0 Å². The number of benzene rings is 1. The fourth-order valence-electron chi connectivity index (χ4n) is 2.56. The molecule has 2 atom stereocenters. The first-order chi connectivity index (χ1) is 9.47. The van der Waals surface area contributed by atoms with Crippen molar-refractivity contribution in [1.29, 1.82) is 0 Å². The number of nitrogens with two attached hydrogens (primary N) is 2. The minimum absolute atomic E-state index is 0.104. The number of hydrogen-bond acceptors (Lipinski definition) is 3. The SMILES string of the molecule is NC(=O)c1cc(NC(=O)C[C@@H]2CCC[C@H]2N)ccc1Cl. The maximum Gasteiger partial charge on any atom is 0.250 e. The van der Waals surface area contributed by atoms with Crippen molar-refractivity contribution in [1.82, 2.24) is 0 Å². The molecule has 6 heteroatoms. The van der Waals surface area contributed by atoms with Crippen LogP contribution in [0.25, 0.3) is 0 Å². The number of amides is 2. The van der Waals surface area contributed by atoms with E-state index < -0.39 is 5.91 Å². The lowest BCUT2D eigenvalue weighted by atomic mass is 10.00. The summed E-state index contributed by atoms with van der Waals surface area (Å²) in [6.45, 7) is 0. The molecule has 0 radical (unpaired) electrons. The molecule has 0 saturated heterocycles. The van der Waals surface area contributed by atoms with E-state index >= 15 is 0 Å². The van der Waals surface area contributed by atoms with E-state index in [0.29, 0.717) is 12.1 Å². The molecule has 1 saturated carbocycles. The average Bonchev–Trinajstić information content (AvgIpc) is 2.77. The largest absolute Gasteiger partial charge is 0.366 e. The summed E-state index contributed by atoms with van der Waals surface area (Å²) in [5.41, 5.74) is 11.9. The van der Waals surface area contributed by atoms with Crippen LogP contribution in [0.15, 0.2) is 18.2 Å². The van der Waals surface area contributed by atoms with E-state index in [2.05, 4.69) is 5.32 Å². The smallest absolute Gasteiger partial charge is 0.250 e. The van der Waals surface area contributed by atoms with Crippen molar-refractivity contribution in [2.75, 3.05) is 5.32 Å². The number of carbonyl (C=O) groups is 2. The van der Waals surface area contributed by atoms with Crippen LogP contribution in [0, 0.1) is 5.92 Å². The molecule has 0 aromatic heterocycles. The summed E-state index contributed by atoms with van der Waals surface area (Å²) in [4.78, 5) is 23.2. The van der Waals surface area contributed by atoms with Gasteiger partial charge in [-0.25, -0.2) is 0 Å². The minimum atomic E-state index is -0.621. The minimum Gasteiger partial charge on any atom is -0.366 e. The molecule has 5 N–H and O–H groups in total. The van der Waals surface area contributed by atoms with Crippen LogP contribution in [-0.4, -0.2) is 17.9 Å². The fourth-order valence-corrected chi connectivity index (χ4v) is 2.77. The maximum atomic E-state index is 12.0. The van der Waals surface area contributed by atoms with Crippen LogP contribution in [-0.2, 0) is 4.79 Å². The number of anilines is 1. The highest BCUT2D eigenvalue weighted by Gasteiger charge is 2.26. The van der Waals surface area contributed by atoms with Gasteiger partial charge in [0.2, 0.25) is 11.8 Å². The Morgan fingerprint density at radius 1 is 1.35 bits per heavy atom. The van der Waals surface area contributed by atoms with E-state index in [9.17, 15) is 9.59 Å². The molecule has 5 nitrogen and oxygen atoms in total. The number of halogens is 1. The highest BCUT2D eigenvalue weighted by molar-refractivity contribution is 6.33. The van der Waals surface area contributed by atoms with Crippen LogP contribution in [0.1, 0.15) is 36.0 Å². The number of hydrogen-bond donors (Lipinski definition) is 3. The van der Waals surface area contributed by atoms with Gasteiger partial charge in [0.15, 0.2) is 0 Å². The van der Waals surface area contributed by atoms with E-state index in [1.54, 1.807) is 12.1 Å². The molecule has 1 fully saturated rings. The van der Waals surface area contributed by atoms with Crippen molar-refractivity contribution >= 4 is 29.1 Å². The third-order valence-corrected chi connectivity index (χ3v) is 4.01. The van der Waals surface area contributed by atoms with Crippen LogP contribution in [0.2, 0.25) is 5.02 Å². The van der Waals surface area contributed by atoms with Gasteiger partial charge >= 0.3 is 0 Å². The molecule has 0 unspecified atom stereocenters. The Morgan fingerprint density at radius 3 is 2.70 bits per heavy atom. The number of carbonyl (C=O) groups excluding carboxylic acids is 2. The molecule has 1 aromatic rings. The van der Waals surface area contributed by atoms with Gasteiger partial charge in [0.25, 0.3) is 0 Å². The molecule has 2 rings (SSSR count). The Morgan fingerprint density at radius 2 is 2.10 bits per heavy atom. The summed E-state index contributed by atoms with van der Waals surface area (Å²) < 4.78 is 0. The lowest BCUT2D eigenvalue weighted by Gasteiger charge is -2.15. The first-order valence-electron chi connectivity index (χ1n) is 6.62. The first kappa shape index (κ1) is 14.8. The zero-order valence-corrected chi connectivity index (χ0v) is 11.8. The Labute approximate surface area is 122 Å². The molecule has 108 valence electrons. The predicted molar refractivity (Wildman–Crippen MR) is 78.5 cm³/mol. The molecule has 0 bridgehead atoms. The number of primary amides is 1. The van der Waals surface area contributed by atoms with Gasteiger partial charge in [0.1, 0.15) is 0 Å². The topological polar surface area (TPSA) is 98.2 Å². The van der Waals surface area contributed by atoms with Crippen molar-refractivity contribution in [3.8, 4) is 0 Å². The van der Waals surface area contributed by atoms with E-state index in [1.807, 2.05) is 0 Å². The van der Waals surface area contributed by atoms with Crippen LogP contribution in [0.3, 0.4) is 0 Å². The molecular formula is C14H18ClN3O2. The van der Waals surface area contributed by atoms with Gasteiger partial charge in [-0.3, -0.25) is 9.59 Å². The zero-order valence-electron chi connectivity index (χ0n) is 11.1. The van der Waals surface area contributed by atoms with Crippen molar-refractivity contribution in [2.45, 2.75) is 31.7 Å². The third kappa shape index (κ3) is 3.49. The molecule has 0 spiro atoms. The Kier molecular flexibility index (Phi) is 4.62. The van der Waals surface area contributed by atoms with Crippen LogP contribution >= 0.6 is 11.6 Å². The van der Waals surface area contributed by atoms with Crippen LogP contribution in [0.5, 0.6) is 0 Å². The highest BCUT2D eigenvalue weighted by Crippen LogP contribution is 2.27. The average molecular weight is 296 g/mol. The third-order valence-electron chi connectivity index (χ3n) is 3.68. The molecule has 1 aliphatic rings.